The number of rotatable bonds is 0. The van der Waals surface area contributed by atoms with Crippen LogP contribution in [0.15, 0.2) is 0 Å². The van der Waals surface area contributed by atoms with E-state index in [1.165, 1.54) is 49.3 Å². The van der Waals surface area contributed by atoms with Crippen LogP contribution in [0, 0.1) is 0 Å². The van der Waals surface area contributed by atoms with Crippen LogP contribution < -0.4 is 0 Å². The minimum atomic E-state index is 0. The fraction of sp³-hybridized carbons (Fsp3) is 1.00. The zero-order valence-electron chi connectivity index (χ0n) is 7.12. The molecule has 0 radical (unpaired) electrons. The molecule has 0 saturated carbocycles. The second-order valence-electron chi connectivity index (χ2n) is 1.79. The van der Waals surface area contributed by atoms with E-state index in [9.17, 15) is 0 Å². The Morgan fingerprint density at radius 3 is 0.636 bits per heavy atom. The number of hydrogen-bond donors (Lipinski definition) is 0. The summed E-state index contributed by atoms with van der Waals surface area (Å²) < 4.78 is 4.28. The first-order valence-electron chi connectivity index (χ1n) is 2.24. The van der Waals surface area contributed by atoms with Gasteiger partial charge < -0.3 is 16.4 Å². The minimum Gasteiger partial charge on any atom is -2.00 e. The normalized spacial score (nSPS) is 6.73. The molecule has 0 aliphatic carbocycles. The molecule has 0 atom stereocenters. The van der Waals surface area contributed by atoms with E-state index in [4.69, 9.17) is 0 Å². The first kappa shape index (κ1) is 29.4. The van der Waals surface area contributed by atoms with Crippen molar-refractivity contribution in [1.82, 2.24) is 5.78 Å². The fourth-order valence-electron chi connectivity index (χ4n) is 0. The average molecular weight is 493 g/mol. The minimum absolute atomic E-state index is 0. The van der Waals surface area contributed by atoms with Crippen molar-refractivity contribution in [2.24, 2.45) is 0 Å². The molecule has 0 spiro atoms. The van der Waals surface area contributed by atoms with Crippen LogP contribution in [-0.2, 0) is 65.8 Å². The van der Waals surface area contributed by atoms with Gasteiger partial charge in [0.25, 0.3) is 0 Å². The number of hydrogen-bond acceptors (Lipinski definition) is 2. The van der Waals surface area contributed by atoms with Crippen LogP contribution in [0.2, 0.25) is 0 Å². The molecule has 0 unspecified atom stereocenters. The first-order chi connectivity index (χ1) is 3.46. The molecule has 0 saturated heterocycles. The molecule has 0 amide bonds. The Kier molecular flexibility index (Phi) is 60.2. The molecule has 0 aromatic heterocycles. The molecule has 64 valence electrons. The third-order valence-electron chi connectivity index (χ3n) is 0. The Hall–Kier alpha value is 1.54. The molecular formula is C4H12Hf2N2O3. The van der Waals surface area contributed by atoms with Crippen LogP contribution in [0.3, 0.4) is 0 Å². The molecule has 7 heteroatoms. The molecule has 0 rings (SSSR count). The van der Waals surface area contributed by atoms with Crippen LogP contribution in [0.1, 0.15) is 0 Å². The Morgan fingerprint density at radius 2 is 0.636 bits per heavy atom. The zero-order chi connectivity index (χ0) is 7.15. The zero-order valence-corrected chi connectivity index (χ0v) is 14.3. The van der Waals surface area contributed by atoms with Gasteiger partial charge in [-0.05, 0) is 0 Å². The van der Waals surface area contributed by atoms with E-state index in [0.29, 0.717) is 0 Å². The third kappa shape index (κ3) is 443. The van der Waals surface area contributed by atoms with Crippen LogP contribution >= 0.6 is 0 Å². The summed E-state index contributed by atoms with van der Waals surface area (Å²) in [6, 6.07) is 0. The fourth-order valence-corrected chi connectivity index (χ4v) is 0. The smallest absolute Gasteiger partial charge is 2.00 e. The Bertz CT molecular complexity index is 36.8. The molecule has 5 nitrogen and oxygen atoms in total. The maximum Gasteiger partial charge on any atom is -2.00 e. The molecule has 0 aromatic rings. The van der Waals surface area contributed by atoms with Gasteiger partial charge in [-0.25, -0.2) is 0 Å². The molecule has 0 N–H and O–H groups in total. The van der Waals surface area contributed by atoms with E-state index in [1.54, 1.807) is 0 Å². The van der Waals surface area contributed by atoms with Crippen molar-refractivity contribution in [2.75, 3.05) is 28.2 Å². The van der Waals surface area contributed by atoms with Gasteiger partial charge in [-0.2, -0.15) is 0 Å². The van der Waals surface area contributed by atoms with Gasteiger partial charge in [0.15, 0.2) is 0 Å². The number of nitrogens with zero attached hydrogens (tertiary/aromatic N) is 2. The van der Waals surface area contributed by atoms with E-state index in [1.807, 2.05) is 0 Å². The average Bonchev–Trinajstić information content (AvgIpc) is 1.25. The SMILES string of the molecule is C[N](C)[Hf+3].C[N](C)[Hf+3].[O-2].[O-2].[O-2]. The topological polar surface area (TPSA) is 92.0 Å². The van der Waals surface area contributed by atoms with Gasteiger partial charge in [-0.1, -0.05) is 0 Å². The molecule has 0 aliphatic rings. The summed E-state index contributed by atoms with van der Waals surface area (Å²) in [5, 5.41) is 0. The van der Waals surface area contributed by atoms with Gasteiger partial charge in [0, 0.05) is 0 Å². The molecular weight excluding hydrogens is 481 g/mol. The maximum absolute atomic E-state index is 2.14. The van der Waals surface area contributed by atoms with E-state index >= 15 is 0 Å². The van der Waals surface area contributed by atoms with Crippen LogP contribution in [0.25, 0.3) is 0 Å². The van der Waals surface area contributed by atoms with Gasteiger partial charge in [0.2, 0.25) is 0 Å². The first-order valence-corrected chi connectivity index (χ1v) is 5.45. The van der Waals surface area contributed by atoms with Gasteiger partial charge in [0.05, 0.1) is 0 Å². The summed E-state index contributed by atoms with van der Waals surface area (Å²) in [5.41, 5.74) is 0. The van der Waals surface area contributed by atoms with E-state index < -0.39 is 0 Å². The summed E-state index contributed by atoms with van der Waals surface area (Å²) in [6.07, 6.45) is 0. The summed E-state index contributed by atoms with van der Waals surface area (Å²) in [4.78, 5) is 0. The standard InChI is InChI=1S/2C2H6N.2Hf.3O/c2*1-3-2;;;;;/h2*1-2H3;;;;;/q2*-1;2*+4;3*-2. The quantitative estimate of drug-likeness (QED) is 0.433. The third-order valence-corrected chi connectivity index (χ3v) is 0. The molecule has 0 aliphatic heterocycles. The summed E-state index contributed by atoms with van der Waals surface area (Å²) in [6.45, 7) is 0. The largest absolute Gasteiger partial charge is 2.00 e. The Labute approximate surface area is 99.0 Å². The second-order valence-corrected chi connectivity index (χ2v) is 8.22. The van der Waals surface area contributed by atoms with Crippen LogP contribution in [0.4, 0.5) is 0 Å². The Balaban J connectivity index is -0.0000000171. The monoisotopic (exact) mass is 496 g/mol. The van der Waals surface area contributed by atoms with Crippen molar-refractivity contribution in [3.05, 3.63) is 0 Å². The van der Waals surface area contributed by atoms with E-state index in [2.05, 4.69) is 34.0 Å². The molecule has 0 bridgehead atoms. The Morgan fingerprint density at radius 1 is 0.636 bits per heavy atom. The van der Waals surface area contributed by atoms with Crippen molar-refractivity contribution < 1.29 is 65.8 Å². The van der Waals surface area contributed by atoms with Gasteiger partial charge in [-0.15, -0.1) is 0 Å². The van der Waals surface area contributed by atoms with Crippen molar-refractivity contribution in [3.63, 3.8) is 0 Å². The predicted molar refractivity (Wildman–Crippen MR) is 29.4 cm³/mol. The second kappa shape index (κ2) is 22.5. The van der Waals surface area contributed by atoms with Gasteiger partial charge >= 0.3 is 83.3 Å². The van der Waals surface area contributed by atoms with Crippen molar-refractivity contribution in [1.29, 1.82) is 0 Å². The van der Waals surface area contributed by atoms with E-state index in [0.717, 1.165) is 0 Å². The summed E-state index contributed by atoms with van der Waals surface area (Å²) >= 11 is 2.36. The summed E-state index contributed by atoms with van der Waals surface area (Å²) in [5.74, 6) is 0. The predicted octanol–water partition coefficient (Wildman–Crippen LogP) is -0.337. The van der Waals surface area contributed by atoms with Crippen LogP contribution in [-0.4, -0.2) is 34.0 Å². The van der Waals surface area contributed by atoms with Crippen molar-refractivity contribution in [3.8, 4) is 0 Å². The molecule has 11 heavy (non-hydrogen) atoms. The molecule has 0 aromatic carbocycles. The van der Waals surface area contributed by atoms with Gasteiger partial charge in [-0.3, -0.25) is 0 Å². The summed E-state index contributed by atoms with van der Waals surface area (Å²) in [7, 11) is 8.25. The molecule has 0 fully saturated rings. The van der Waals surface area contributed by atoms with Crippen molar-refractivity contribution >= 4 is 0 Å². The van der Waals surface area contributed by atoms with Crippen LogP contribution in [0.5, 0.6) is 0 Å². The van der Waals surface area contributed by atoms with E-state index in [-0.39, 0.29) is 16.4 Å². The molecule has 0 heterocycles. The maximum atomic E-state index is 2.14. The van der Waals surface area contributed by atoms with Gasteiger partial charge in [0.1, 0.15) is 0 Å². The van der Waals surface area contributed by atoms with Crippen molar-refractivity contribution in [2.45, 2.75) is 0 Å².